The third-order valence-electron chi connectivity index (χ3n) is 4.39. The lowest BCUT2D eigenvalue weighted by molar-refractivity contribution is -0.122. The average molecular weight is 347 g/mol. The number of hydrogen-bond acceptors (Lipinski definition) is 7. The van der Waals surface area contributed by atoms with Gasteiger partial charge in [0, 0.05) is 53.5 Å². The minimum Gasteiger partial charge on any atom is -0.385 e. The summed E-state index contributed by atoms with van der Waals surface area (Å²) in [6, 6.07) is 0. The van der Waals surface area contributed by atoms with Crippen LogP contribution in [0.1, 0.15) is 6.42 Å². The lowest BCUT2D eigenvalue weighted by atomic mass is 10.2. The van der Waals surface area contributed by atoms with Gasteiger partial charge in [-0.05, 0) is 6.42 Å². The molecule has 1 aliphatic rings. The molecule has 3 heterocycles. The number of fused-ring (bicyclic) bond motifs is 1. The summed E-state index contributed by atoms with van der Waals surface area (Å²) in [5.41, 5.74) is 0.836. The van der Waals surface area contributed by atoms with Crippen LogP contribution < -0.4 is 10.2 Å². The van der Waals surface area contributed by atoms with Gasteiger partial charge in [0.15, 0.2) is 5.65 Å². The molecule has 1 amide bonds. The second kappa shape index (κ2) is 8.21. The van der Waals surface area contributed by atoms with Crippen LogP contribution in [0.3, 0.4) is 0 Å². The molecule has 9 heteroatoms. The van der Waals surface area contributed by atoms with E-state index in [2.05, 4.69) is 30.2 Å². The predicted octanol–water partition coefficient (Wildman–Crippen LogP) is -0.362. The highest BCUT2D eigenvalue weighted by Gasteiger charge is 2.22. The number of anilines is 1. The van der Waals surface area contributed by atoms with Crippen LogP contribution in [-0.4, -0.2) is 83.5 Å². The summed E-state index contributed by atoms with van der Waals surface area (Å²) in [7, 11) is 3.54. The third-order valence-corrected chi connectivity index (χ3v) is 4.39. The number of rotatable bonds is 7. The smallest absolute Gasteiger partial charge is 0.234 e. The van der Waals surface area contributed by atoms with E-state index in [1.54, 1.807) is 18.1 Å². The van der Waals surface area contributed by atoms with Crippen LogP contribution in [0.15, 0.2) is 12.5 Å². The van der Waals surface area contributed by atoms with E-state index in [1.807, 2.05) is 13.2 Å². The number of aromatic nitrogens is 4. The number of nitrogens with one attached hydrogen (secondary N) is 1. The zero-order valence-electron chi connectivity index (χ0n) is 14.8. The summed E-state index contributed by atoms with van der Waals surface area (Å²) >= 11 is 0. The summed E-state index contributed by atoms with van der Waals surface area (Å²) in [6.45, 7) is 5.09. The molecule has 0 radical (unpaired) electrons. The van der Waals surface area contributed by atoms with E-state index >= 15 is 0 Å². The van der Waals surface area contributed by atoms with Gasteiger partial charge in [0.25, 0.3) is 0 Å². The number of methoxy groups -OCH3 is 1. The lowest BCUT2D eigenvalue weighted by Gasteiger charge is -2.35. The van der Waals surface area contributed by atoms with Crippen molar-refractivity contribution in [3.8, 4) is 0 Å². The summed E-state index contributed by atoms with van der Waals surface area (Å²) < 4.78 is 6.73. The molecule has 136 valence electrons. The molecular weight excluding hydrogens is 322 g/mol. The van der Waals surface area contributed by atoms with Gasteiger partial charge in [0.1, 0.15) is 12.1 Å². The lowest BCUT2D eigenvalue weighted by Crippen LogP contribution is -2.49. The van der Waals surface area contributed by atoms with Crippen molar-refractivity contribution in [1.29, 1.82) is 0 Å². The number of hydrogen-bond donors (Lipinski definition) is 1. The Balaban J connectivity index is 1.51. The van der Waals surface area contributed by atoms with E-state index < -0.39 is 0 Å². The number of carbonyl (C=O) groups excluding carboxylic acids is 1. The van der Waals surface area contributed by atoms with Crippen molar-refractivity contribution in [3.63, 3.8) is 0 Å². The molecule has 0 spiro atoms. The van der Waals surface area contributed by atoms with E-state index in [0.717, 1.165) is 49.5 Å². The van der Waals surface area contributed by atoms with Crippen molar-refractivity contribution in [2.45, 2.75) is 6.42 Å². The standard InChI is InChI=1S/C16H25N7O2/c1-21-15-13(10-20-21)16(19-12-18-15)23-7-5-22(6-8-23)11-14(24)17-4-3-9-25-2/h10,12H,3-9,11H2,1-2H3,(H,17,24). The molecule has 3 rings (SSSR count). The molecule has 2 aromatic rings. The van der Waals surface area contributed by atoms with E-state index in [4.69, 9.17) is 4.74 Å². The Morgan fingerprint density at radius 1 is 1.28 bits per heavy atom. The van der Waals surface area contributed by atoms with Crippen molar-refractivity contribution in [2.75, 3.05) is 57.9 Å². The van der Waals surface area contributed by atoms with Gasteiger partial charge in [-0.1, -0.05) is 0 Å². The first-order valence-electron chi connectivity index (χ1n) is 8.54. The zero-order chi connectivity index (χ0) is 17.6. The van der Waals surface area contributed by atoms with Gasteiger partial charge in [-0.15, -0.1) is 0 Å². The second-order valence-corrected chi connectivity index (χ2v) is 6.16. The number of carbonyl (C=O) groups is 1. The molecule has 0 unspecified atom stereocenters. The quantitative estimate of drug-likeness (QED) is 0.684. The first-order valence-corrected chi connectivity index (χ1v) is 8.54. The molecule has 1 N–H and O–H groups in total. The van der Waals surface area contributed by atoms with Crippen LogP contribution in [0.4, 0.5) is 5.82 Å². The van der Waals surface area contributed by atoms with Crippen molar-refractivity contribution in [1.82, 2.24) is 30.0 Å². The molecule has 0 saturated carbocycles. The number of piperazine rings is 1. The first kappa shape index (κ1) is 17.6. The highest BCUT2D eigenvalue weighted by molar-refractivity contribution is 5.86. The molecular formula is C16H25N7O2. The molecule has 0 atom stereocenters. The van der Waals surface area contributed by atoms with Crippen LogP contribution in [0.5, 0.6) is 0 Å². The maximum atomic E-state index is 12.0. The summed E-state index contributed by atoms with van der Waals surface area (Å²) in [5, 5.41) is 8.16. The Bertz CT molecular complexity index is 710. The van der Waals surface area contributed by atoms with Crippen LogP contribution >= 0.6 is 0 Å². The highest BCUT2D eigenvalue weighted by atomic mass is 16.5. The Morgan fingerprint density at radius 3 is 2.84 bits per heavy atom. The summed E-state index contributed by atoms with van der Waals surface area (Å²) in [6.07, 6.45) is 4.23. The van der Waals surface area contributed by atoms with E-state index in [1.165, 1.54) is 0 Å². The Labute approximate surface area is 147 Å². The largest absolute Gasteiger partial charge is 0.385 e. The van der Waals surface area contributed by atoms with Crippen molar-refractivity contribution in [2.24, 2.45) is 7.05 Å². The predicted molar refractivity (Wildman–Crippen MR) is 94.5 cm³/mol. The molecule has 9 nitrogen and oxygen atoms in total. The second-order valence-electron chi connectivity index (χ2n) is 6.16. The fourth-order valence-corrected chi connectivity index (χ4v) is 3.02. The van der Waals surface area contributed by atoms with Gasteiger partial charge < -0.3 is 15.0 Å². The molecule has 1 fully saturated rings. The van der Waals surface area contributed by atoms with Crippen molar-refractivity contribution >= 4 is 22.8 Å². The Kier molecular flexibility index (Phi) is 5.77. The molecule has 1 aliphatic heterocycles. The van der Waals surface area contributed by atoms with Gasteiger partial charge in [-0.3, -0.25) is 14.4 Å². The van der Waals surface area contributed by atoms with E-state index in [0.29, 0.717) is 19.7 Å². The molecule has 1 saturated heterocycles. The minimum absolute atomic E-state index is 0.0706. The number of ether oxygens (including phenoxy) is 1. The first-order chi connectivity index (χ1) is 12.2. The van der Waals surface area contributed by atoms with Gasteiger partial charge in [-0.2, -0.15) is 5.10 Å². The topological polar surface area (TPSA) is 88.4 Å². The van der Waals surface area contributed by atoms with Gasteiger partial charge in [0.2, 0.25) is 5.91 Å². The fourth-order valence-electron chi connectivity index (χ4n) is 3.02. The SMILES string of the molecule is COCCCNC(=O)CN1CCN(c2ncnc3c2cnn3C)CC1. The van der Waals surface area contributed by atoms with Crippen LogP contribution in [0, 0.1) is 0 Å². The van der Waals surface area contributed by atoms with Crippen LogP contribution in [0.2, 0.25) is 0 Å². The van der Waals surface area contributed by atoms with Gasteiger partial charge in [-0.25, -0.2) is 9.97 Å². The van der Waals surface area contributed by atoms with Crippen molar-refractivity contribution < 1.29 is 9.53 Å². The maximum absolute atomic E-state index is 12.0. The Hall–Kier alpha value is -2.26. The summed E-state index contributed by atoms with van der Waals surface area (Å²) in [5.74, 6) is 0.989. The number of amides is 1. The van der Waals surface area contributed by atoms with Gasteiger partial charge in [0.05, 0.1) is 18.1 Å². The summed E-state index contributed by atoms with van der Waals surface area (Å²) in [4.78, 5) is 25.1. The zero-order valence-corrected chi connectivity index (χ0v) is 14.8. The van der Waals surface area contributed by atoms with E-state index in [9.17, 15) is 4.79 Å². The minimum atomic E-state index is 0.0706. The third kappa shape index (κ3) is 4.23. The highest BCUT2D eigenvalue weighted by Crippen LogP contribution is 2.22. The van der Waals surface area contributed by atoms with E-state index in [-0.39, 0.29) is 5.91 Å². The molecule has 0 bridgehead atoms. The van der Waals surface area contributed by atoms with Crippen LogP contribution in [-0.2, 0) is 16.6 Å². The molecule has 0 aromatic carbocycles. The van der Waals surface area contributed by atoms with Crippen LogP contribution in [0.25, 0.3) is 11.0 Å². The number of nitrogens with zero attached hydrogens (tertiary/aromatic N) is 6. The monoisotopic (exact) mass is 347 g/mol. The Morgan fingerprint density at radius 2 is 2.08 bits per heavy atom. The normalized spacial score (nSPS) is 15.7. The molecule has 25 heavy (non-hydrogen) atoms. The number of aryl methyl sites for hydroxylation is 1. The molecule has 0 aliphatic carbocycles. The molecule has 2 aromatic heterocycles. The average Bonchev–Trinajstić information content (AvgIpc) is 3.01. The van der Waals surface area contributed by atoms with Gasteiger partial charge >= 0.3 is 0 Å². The van der Waals surface area contributed by atoms with Crippen molar-refractivity contribution in [3.05, 3.63) is 12.5 Å². The fraction of sp³-hybridized carbons (Fsp3) is 0.625. The maximum Gasteiger partial charge on any atom is 0.234 e.